The second-order valence-electron chi connectivity index (χ2n) is 3.82. The lowest BCUT2D eigenvalue weighted by Crippen LogP contribution is -2.16. The average molecular weight is 310 g/mol. The maximum atomic E-state index is 12.1. The van der Waals surface area contributed by atoms with E-state index < -0.39 is 5.91 Å². The molecule has 21 heavy (non-hydrogen) atoms. The highest BCUT2D eigenvalue weighted by Crippen LogP contribution is 2.20. The van der Waals surface area contributed by atoms with Gasteiger partial charge in [0, 0.05) is 6.20 Å². The van der Waals surface area contributed by atoms with Crippen molar-refractivity contribution in [2.45, 2.75) is 0 Å². The van der Waals surface area contributed by atoms with Gasteiger partial charge in [0.25, 0.3) is 5.91 Å². The smallest absolute Gasteiger partial charge is 0.259 e. The number of aromatic nitrogens is 3. The number of anilines is 2. The standard InChI is InChI=1S/C12H12ClN5O3/c1-20-9-4-10(21-2)17-12(16-9)18-11(19)6-3-8(14)15-5-7(6)13/h3-5H,1-2H3,(H2,14,15)(H,16,17,18,19). The number of ether oxygens (including phenoxy) is 2. The molecule has 2 heterocycles. The van der Waals surface area contributed by atoms with E-state index in [-0.39, 0.29) is 34.1 Å². The minimum atomic E-state index is -0.524. The van der Waals surface area contributed by atoms with Gasteiger partial charge in [0.15, 0.2) is 0 Å². The third-order valence-corrected chi connectivity index (χ3v) is 2.75. The summed E-state index contributed by atoms with van der Waals surface area (Å²) in [5.41, 5.74) is 5.69. The Balaban J connectivity index is 2.28. The molecular weight excluding hydrogens is 298 g/mol. The van der Waals surface area contributed by atoms with Crippen LogP contribution in [0.3, 0.4) is 0 Å². The van der Waals surface area contributed by atoms with Crippen molar-refractivity contribution >= 4 is 29.3 Å². The van der Waals surface area contributed by atoms with E-state index in [2.05, 4.69) is 20.3 Å². The van der Waals surface area contributed by atoms with Gasteiger partial charge in [-0.2, -0.15) is 9.97 Å². The number of carbonyl (C=O) groups is 1. The molecular formula is C12H12ClN5O3. The molecule has 1 amide bonds. The van der Waals surface area contributed by atoms with E-state index in [0.29, 0.717) is 0 Å². The van der Waals surface area contributed by atoms with Crippen LogP contribution >= 0.6 is 11.6 Å². The Labute approximate surface area is 125 Å². The van der Waals surface area contributed by atoms with Gasteiger partial charge in [-0.25, -0.2) is 4.98 Å². The minimum absolute atomic E-state index is 0.0163. The van der Waals surface area contributed by atoms with E-state index in [1.54, 1.807) is 0 Å². The molecule has 0 bridgehead atoms. The fourth-order valence-corrected chi connectivity index (χ4v) is 1.66. The van der Waals surface area contributed by atoms with Crippen LogP contribution in [0, 0.1) is 0 Å². The Hall–Kier alpha value is -2.61. The van der Waals surface area contributed by atoms with Crippen LogP contribution < -0.4 is 20.5 Å². The Morgan fingerprint density at radius 3 is 2.43 bits per heavy atom. The first-order valence-corrected chi connectivity index (χ1v) is 6.10. The number of rotatable bonds is 4. The predicted molar refractivity (Wildman–Crippen MR) is 76.7 cm³/mol. The minimum Gasteiger partial charge on any atom is -0.481 e. The predicted octanol–water partition coefficient (Wildman–Crippen LogP) is 1.38. The summed E-state index contributed by atoms with van der Waals surface area (Å²) in [6.45, 7) is 0. The Morgan fingerprint density at radius 2 is 1.86 bits per heavy atom. The molecule has 0 spiro atoms. The first kappa shape index (κ1) is 14.8. The first-order chi connectivity index (χ1) is 10.0. The molecule has 0 unspecified atom stereocenters. The third kappa shape index (κ3) is 3.48. The Bertz CT molecular complexity index is 658. The molecule has 9 heteroatoms. The fraction of sp³-hybridized carbons (Fsp3) is 0.167. The molecule has 8 nitrogen and oxygen atoms in total. The monoisotopic (exact) mass is 309 g/mol. The number of nitrogens with zero attached hydrogens (tertiary/aromatic N) is 3. The van der Waals surface area contributed by atoms with Gasteiger partial charge in [0.1, 0.15) is 5.82 Å². The molecule has 0 radical (unpaired) electrons. The number of amides is 1. The lowest BCUT2D eigenvalue weighted by atomic mass is 10.2. The molecule has 0 aliphatic carbocycles. The number of nitrogens with one attached hydrogen (secondary N) is 1. The molecule has 0 saturated heterocycles. The van der Waals surface area contributed by atoms with Gasteiger partial charge in [0.05, 0.1) is 30.9 Å². The lowest BCUT2D eigenvalue weighted by molar-refractivity contribution is 0.102. The van der Waals surface area contributed by atoms with Crippen molar-refractivity contribution in [3.8, 4) is 11.8 Å². The van der Waals surface area contributed by atoms with Crippen LogP contribution in [0.25, 0.3) is 0 Å². The van der Waals surface area contributed by atoms with Crippen molar-refractivity contribution in [1.82, 2.24) is 15.0 Å². The third-order valence-electron chi connectivity index (χ3n) is 2.44. The summed E-state index contributed by atoms with van der Waals surface area (Å²) in [4.78, 5) is 23.9. The number of halogens is 1. The van der Waals surface area contributed by atoms with Gasteiger partial charge in [-0.05, 0) is 6.07 Å². The Kier molecular flexibility index (Phi) is 4.39. The van der Waals surface area contributed by atoms with Crippen molar-refractivity contribution < 1.29 is 14.3 Å². The molecule has 0 aromatic carbocycles. The number of hydrogen-bond donors (Lipinski definition) is 2. The van der Waals surface area contributed by atoms with Gasteiger partial charge in [-0.1, -0.05) is 11.6 Å². The molecule has 110 valence electrons. The van der Waals surface area contributed by atoms with Crippen LogP contribution in [0.2, 0.25) is 5.02 Å². The van der Waals surface area contributed by atoms with Crippen molar-refractivity contribution in [2.24, 2.45) is 0 Å². The molecule has 0 atom stereocenters. The zero-order chi connectivity index (χ0) is 15.4. The number of carbonyl (C=O) groups excluding carboxylic acids is 1. The van der Waals surface area contributed by atoms with Crippen molar-refractivity contribution in [2.75, 3.05) is 25.3 Å². The van der Waals surface area contributed by atoms with Gasteiger partial charge in [-0.3, -0.25) is 10.1 Å². The second-order valence-corrected chi connectivity index (χ2v) is 4.23. The number of hydrogen-bond acceptors (Lipinski definition) is 7. The highest BCUT2D eigenvalue weighted by atomic mass is 35.5. The molecule has 3 N–H and O–H groups in total. The zero-order valence-corrected chi connectivity index (χ0v) is 12.0. The van der Waals surface area contributed by atoms with E-state index in [0.717, 1.165) is 0 Å². The van der Waals surface area contributed by atoms with Crippen LogP contribution in [-0.4, -0.2) is 35.1 Å². The van der Waals surface area contributed by atoms with E-state index >= 15 is 0 Å². The van der Waals surface area contributed by atoms with Crippen molar-refractivity contribution in [3.63, 3.8) is 0 Å². The van der Waals surface area contributed by atoms with Crippen LogP contribution in [-0.2, 0) is 0 Å². The van der Waals surface area contributed by atoms with Gasteiger partial charge < -0.3 is 15.2 Å². The van der Waals surface area contributed by atoms with E-state index in [1.165, 1.54) is 32.5 Å². The fourth-order valence-electron chi connectivity index (χ4n) is 1.47. The normalized spacial score (nSPS) is 10.0. The quantitative estimate of drug-likeness (QED) is 0.877. The molecule has 0 aliphatic rings. The molecule has 0 saturated carbocycles. The summed E-state index contributed by atoms with van der Waals surface area (Å²) in [6, 6.07) is 2.84. The van der Waals surface area contributed by atoms with Gasteiger partial charge in [0.2, 0.25) is 17.7 Å². The highest BCUT2D eigenvalue weighted by molar-refractivity contribution is 6.34. The number of pyridine rings is 1. The van der Waals surface area contributed by atoms with E-state index in [1.807, 2.05) is 0 Å². The summed E-state index contributed by atoms with van der Waals surface area (Å²) in [6.07, 6.45) is 1.29. The van der Waals surface area contributed by atoms with Crippen LogP contribution in [0.5, 0.6) is 11.8 Å². The summed E-state index contributed by atoms with van der Waals surface area (Å²) in [5.74, 6) is 0.163. The van der Waals surface area contributed by atoms with Crippen molar-refractivity contribution in [1.29, 1.82) is 0 Å². The van der Waals surface area contributed by atoms with Gasteiger partial charge >= 0.3 is 0 Å². The summed E-state index contributed by atoms with van der Waals surface area (Å²) in [5, 5.41) is 2.65. The molecule has 0 fully saturated rings. The SMILES string of the molecule is COc1cc(OC)nc(NC(=O)c2cc(N)ncc2Cl)n1. The average Bonchev–Trinajstić information content (AvgIpc) is 2.49. The molecule has 2 aromatic rings. The van der Waals surface area contributed by atoms with Crippen LogP contribution in [0.4, 0.5) is 11.8 Å². The summed E-state index contributed by atoms with van der Waals surface area (Å²) < 4.78 is 9.98. The van der Waals surface area contributed by atoms with Crippen LogP contribution in [0.15, 0.2) is 18.3 Å². The topological polar surface area (TPSA) is 112 Å². The maximum Gasteiger partial charge on any atom is 0.259 e. The first-order valence-electron chi connectivity index (χ1n) is 5.73. The number of nitrogens with two attached hydrogens (primary N) is 1. The summed E-state index contributed by atoms with van der Waals surface area (Å²) in [7, 11) is 2.88. The summed E-state index contributed by atoms with van der Waals surface area (Å²) >= 11 is 5.91. The maximum absolute atomic E-state index is 12.1. The zero-order valence-electron chi connectivity index (χ0n) is 11.3. The molecule has 0 aliphatic heterocycles. The van der Waals surface area contributed by atoms with Crippen LogP contribution in [0.1, 0.15) is 10.4 Å². The largest absolute Gasteiger partial charge is 0.481 e. The molecule has 2 rings (SSSR count). The highest BCUT2D eigenvalue weighted by Gasteiger charge is 2.14. The number of methoxy groups -OCH3 is 2. The van der Waals surface area contributed by atoms with Gasteiger partial charge in [-0.15, -0.1) is 0 Å². The molecule has 2 aromatic heterocycles. The number of nitrogen functional groups attached to an aromatic ring is 1. The van der Waals surface area contributed by atoms with Crippen molar-refractivity contribution in [3.05, 3.63) is 28.9 Å². The van der Waals surface area contributed by atoms with E-state index in [4.69, 9.17) is 26.8 Å². The Morgan fingerprint density at radius 1 is 1.24 bits per heavy atom. The lowest BCUT2D eigenvalue weighted by Gasteiger charge is -2.08. The van der Waals surface area contributed by atoms with E-state index in [9.17, 15) is 4.79 Å². The second kappa shape index (κ2) is 6.23.